The van der Waals surface area contributed by atoms with E-state index in [2.05, 4.69) is 19.6 Å². The maximum absolute atomic E-state index is 9.29. The van der Waals surface area contributed by atoms with E-state index in [1.807, 2.05) is 0 Å². The predicted octanol–water partition coefficient (Wildman–Crippen LogP) is 0.796. The summed E-state index contributed by atoms with van der Waals surface area (Å²) in [6.45, 7) is 3.53. The monoisotopic (exact) mass is 210 g/mol. The van der Waals surface area contributed by atoms with Gasteiger partial charge in [0.1, 0.15) is 0 Å². The Hall–Kier alpha value is -0.260. The Kier molecular flexibility index (Phi) is 16.7. The average Bonchev–Trinajstić information content (AvgIpc) is 2.14. The number of thiol groups is 1. The molecule has 80 valence electrons. The first kappa shape index (κ1) is 15.2. The molecule has 0 fully saturated rings. The topological polar surface area (TPSA) is 66.8 Å². The maximum atomic E-state index is 9.29. The number of carboxylic acid groups (broad SMARTS) is 1. The van der Waals surface area contributed by atoms with Crippen LogP contribution in [0.5, 0.6) is 0 Å². The molecule has 0 aliphatic carbocycles. The van der Waals surface area contributed by atoms with Crippen molar-refractivity contribution in [3.63, 3.8) is 0 Å². The molecule has 0 saturated carbocycles. The van der Waals surface area contributed by atoms with Crippen molar-refractivity contribution in [2.24, 2.45) is 0 Å². The van der Waals surface area contributed by atoms with Crippen LogP contribution in [-0.2, 0) is 9.53 Å². The second-order valence-electron chi connectivity index (χ2n) is 2.24. The normalized spacial score (nSPS) is 8.85. The van der Waals surface area contributed by atoms with E-state index in [1.165, 1.54) is 0 Å². The van der Waals surface area contributed by atoms with Crippen LogP contribution < -0.4 is 0 Å². The van der Waals surface area contributed by atoms with Crippen LogP contribution in [0.2, 0.25) is 0 Å². The largest absolute Gasteiger partial charge is 0.481 e. The third kappa shape index (κ3) is 24.5. The van der Waals surface area contributed by atoms with E-state index in [0.717, 1.165) is 19.4 Å². The first-order chi connectivity index (χ1) is 6.18. The molecule has 0 aromatic carbocycles. The van der Waals surface area contributed by atoms with Crippen molar-refractivity contribution >= 4 is 18.6 Å². The minimum Gasteiger partial charge on any atom is -0.481 e. The Bertz CT molecular complexity index is 102. The first-order valence-corrected chi connectivity index (χ1v) is 4.83. The van der Waals surface area contributed by atoms with Crippen molar-refractivity contribution in [3.05, 3.63) is 0 Å². The number of carbonyl (C=O) groups is 1. The number of hydrogen-bond donors (Lipinski definition) is 3. The quantitative estimate of drug-likeness (QED) is 0.448. The van der Waals surface area contributed by atoms with Crippen molar-refractivity contribution in [2.75, 3.05) is 25.6 Å². The van der Waals surface area contributed by atoms with Gasteiger partial charge in [0.05, 0.1) is 19.0 Å². The van der Waals surface area contributed by atoms with Crippen molar-refractivity contribution in [1.82, 2.24) is 0 Å². The summed E-state index contributed by atoms with van der Waals surface area (Å²) in [5.41, 5.74) is 0. The summed E-state index contributed by atoms with van der Waals surface area (Å²) in [4.78, 5) is 9.29. The van der Waals surface area contributed by atoms with Crippen LogP contribution in [0, 0.1) is 0 Å². The Morgan fingerprint density at radius 3 is 2.31 bits per heavy atom. The maximum Gasteiger partial charge on any atom is 0.313 e. The molecule has 0 heterocycles. The Morgan fingerprint density at radius 2 is 2.00 bits per heavy atom. The van der Waals surface area contributed by atoms with Gasteiger partial charge in [-0.25, -0.2) is 0 Å². The molecule has 0 bridgehead atoms. The summed E-state index contributed by atoms with van der Waals surface area (Å²) in [6.07, 6.45) is 2.26. The van der Waals surface area contributed by atoms with Crippen LogP contribution in [0.15, 0.2) is 0 Å². The third-order valence-electron chi connectivity index (χ3n) is 1.01. The molecule has 0 atom stereocenters. The van der Waals surface area contributed by atoms with Crippen molar-refractivity contribution in [1.29, 1.82) is 0 Å². The fraction of sp³-hybridized carbons (Fsp3) is 0.875. The lowest BCUT2D eigenvalue weighted by molar-refractivity contribution is -0.133. The van der Waals surface area contributed by atoms with Crippen LogP contribution in [0.1, 0.15) is 19.8 Å². The standard InChI is InChI=1S/C6H14O2.C2H4O2S/c1-2-3-5-8-6-4-7;3-2(4)1-5/h7H,2-6H2,1H3;5H,1H2,(H,3,4). The van der Waals surface area contributed by atoms with Gasteiger partial charge >= 0.3 is 5.97 Å². The summed E-state index contributed by atoms with van der Waals surface area (Å²) in [5, 5.41) is 15.9. The first-order valence-electron chi connectivity index (χ1n) is 4.20. The lowest BCUT2D eigenvalue weighted by Gasteiger charge is -1.97. The van der Waals surface area contributed by atoms with Gasteiger partial charge in [0.2, 0.25) is 0 Å². The summed E-state index contributed by atoms with van der Waals surface area (Å²) < 4.78 is 4.97. The van der Waals surface area contributed by atoms with E-state index < -0.39 is 5.97 Å². The third-order valence-corrected chi connectivity index (χ3v) is 1.28. The number of ether oxygens (including phenoxy) is 1. The summed E-state index contributed by atoms with van der Waals surface area (Å²) >= 11 is 3.42. The van der Waals surface area contributed by atoms with Crippen molar-refractivity contribution in [2.45, 2.75) is 19.8 Å². The van der Waals surface area contributed by atoms with Crippen LogP contribution >= 0.6 is 12.6 Å². The lowest BCUT2D eigenvalue weighted by Crippen LogP contribution is -1.99. The molecule has 13 heavy (non-hydrogen) atoms. The van der Waals surface area contributed by atoms with Gasteiger partial charge in [-0.1, -0.05) is 13.3 Å². The van der Waals surface area contributed by atoms with E-state index >= 15 is 0 Å². The summed E-state index contributed by atoms with van der Waals surface area (Å²) in [6, 6.07) is 0. The Labute approximate surface area is 84.3 Å². The number of aliphatic carboxylic acids is 1. The molecule has 0 spiro atoms. The number of carboxylic acids is 1. The summed E-state index contributed by atoms with van der Waals surface area (Å²) in [5.74, 6) is -0.965. The number of unbranched alkanes of at least 4 members (excludes halogenated alkanes) is 1. The Morgan fingerprint density at radius 1 is 1.46 bits per heavy atom. The van der Waals surface area contributed by atoms with Crippen molar-refractivity contribution < 1.29 is 19.7 Å². The molecular formula is C8H18O4S. The second-order valence-corrected chi connectivity index (χ2v) is 2.56. The zero-order chi connectivity index (χ0) is 10.5. The smallest absolute Gasteiger partial charge is 0.313 e. The number of rotatable bonds is 6. The molecule has 4 nitrogen and oxygen atoms in total. The minimum atomic E-state index is -0.881. The molecule has 0 amide bonds. The molecule has 0 aromatic rings. The SMILES string of the molecule is CCCCOCCO.O=C(O)CS. The van der Waals surface area contributed by atoms with Gasteiger partial charge in [-0.2, -0.15) is 12.6 Å². The highest BCUT2D eigenvalue weighted by molar-refractivity contribution is 7.81. The highest BCUT2D eigenvalue weighted by atomic mass is 32.1. The van der Waals surface area contributed by atoms with Gasteiger partial charge < -0.3 is 14.9 Å². The van der Waals surface area contributed by atoms with E-state index in [-0.39, 0.29) is 12.4 Å². The lowest BCUT2D eigenvalue weighted by atomic mass is 10.4. The number of aliphatic hydroxyl groups excluding tert-OH is 1. The molecule has 5 heteroatoms. The van der Waals surface area contributed by atoms with Crippen LogP contribution in [0.4, 0.5) is 0 Å². The summed E-state index contributed by atoms with van der Waals surface area (Å²) in [7, 11) is 0. The Balaban J connectivity index is 0. The molecule has 0 radical (unpaired) electrons. The zero-order valence-electron chi connectivity index (χ0n) is 7.90. The van der Waals surface area contributed by atoms with Gasteiger partial charge in [-0.15, -0.1) is 0 Å². The molecule has 0 saturated heterocycles. The van der Waals surface area contributed by atoms with Crippen LogP contribution in [0.3, 0.4) is 0 Å². The molecule has 0 aliphatic rings. The minimum absolute atomic E-state index is 0.0833. The van der Waals surface area contributed by atoms with Crippen LogP contribution in [-0.4, -0.2) is 41.8 Å². The zero-order valence-corrected chi connectivity index (χ0v) is 8.80. The fourth-order valence-electron chi connectivity index (χ4n) is 0.413. The van der Waals surface area contributed by atoms with Gasteiger partial charge in [0.25, 0.3) is 0 Å². The van der Waals surface area contributed by atoms with E-state index in [4.69, 9.17) is 14.9 Å². The molecule has 2 N–H and O–H groups in total. The predicted molar refractivity (Wildman–Crippen MR) is 54.3 cm³/mol. The molecule has 0 rings (SSSR count). The van der Waals surface area contributed by atoms with E-state index in [0.29, 0.717) is 6.61 Å². The highest BCUT2D eigenvalue weighted by Crippen LogP contribution is 1.85. The fourth-order valence-corrected chi connectivity index (χ4v) is 0.413. The molecular weight excluding hydrogens is 192 g/mol. The molecule has 0 unspecified atom stereocenters. The number of hydrogen-bond acceptors (Lipinski definition) is 4. The van der Waals surface area contributed by atoms with Gasteiger partial charge in [-0.3, -0.25) is 4.79 Å². The average molecular weight is 210 g/mol. The van der Waals surface area contributed by atoms with Gasteiger partial charge in [-0.05, 0) is 6.42 Å². The van der Waals surface area contributed by atoms with Crippen molar-refractivity contribution in [3.8, 4) is 0 Å². The van der Waals surface area contributed by atoms with Gasteiger partial charge in [0.15, 0.2) is 0 Å². The van der Waals surface area contributed by atoms with E-state index in [1.54, 1.807) is 0 Å². The van der Waals surface area contributed by atoms with Crippen LogP contribution in [0.25, 0.3) is 0 Å². The highest BCUT2D eigenvalue weighted by Gasteiger charge is 1.82. The second kappa shape index (κ2) is 14.3. The molecule has 0 aromatic heterocycles. The molecule has 0 aliphatic heterocycles. The van der Waals surface area contributed by atoms with Gasteiger partial charge in [0, 0.05) is 6.61 Å². The van der Waals surface area contributed by atoms with E-state index in [9.17, 15) is 4.79 Å². The number of aliphatic hydroxyl groups is 1.